The highest BCUT2D eigenvalue weighted by molar-refractivity contribution is 14.1. The Balaban J connectivity index is 2.43. The standard InChI is InChI=1S/C14H15IN2O2/c1-3-10-7-5-6-8-12(10)17-13(15)9-11(16-17)14(18)19-4-2/h5-9H,3-4H2,1-2H3. The average molecular weight is 370 g/mol. The van der Waals surface area contributed by atoms with Crippen molar-refractivity contribution in [3.63, 3.8) is 0 Å². The Bertz CT molecular complexity index is 593. The average Bonchev–Trinajstić information content (AvgIpc) is 2.81. The molecule has 0 aliphatic rings. The van der Waals surface area contributed by atoms with Gasteiger partial charge in [-0.05, 0) is 47.6 Å². The maximum absolute atomic E-state index is 11.7. The van der Waals surface area contributed by atoms with E-state index in [1.54, 1.807) is 17.7 Å². The van der Waals surface area contributed by atoms with Crippen LogP contribution in [0.4, 0.5) is 0 Å². The second-order valence-electron chi connectivity index (χ2n) is 3.97. The molecule has 0 unspecified atom stereocenters. The van der Waals surface area contributed by atoms with Crippen LogP contribution in [0.25, 0.3) is 5.69 Å². The summed E-state index contributed by atoms with van der Waals surface area (Å²) in [5.41, 5.74) is 2.54. The van der Waals surface area contributed by atoms with E-state index < -0.39 is 0 Å². The van der Waals surface area contributed by atoms with Gasteiger partial charge in [0.2, 0.25) is 0 Å². The lowest BCUT2D eigenvalue weighted by Crippen LogP contribution is -2.07. The third-order valence-electron chi connectivity index (χ3n) is 2.75. The van der Waals surface area contributed by atoms with Crippen LogP contribution in [-0.2, 0) is 11.2 Å². The molecule has 1 aromatic carbocycles. The Morgan fingerprint density at radius 1 is 1.37 bits per heavy atom. The van der Waals surface area contributed by atoms with Crippen LogP contribution in [0, 0.1) is 3.70 Å². The van der Waals surface area contributed by atoms with E-state index in [1.807, 2.05) is 18.2 Å². The topological polar surface area (TPSA) is 44.1 Å². The van der Waals surface area contributed by atoms with Crippen LogP contribution >= 0.6 is 22.6 Å². The summed E-state index contributed by atoms with van der Waals surface area (Å²) >= 11 is 2.17. The molecule has 0 radical (unpaired) electrons. The lowest BCUT2D eigenvalue weighted by atomic mass is 10.1. The first-order valence-corrected chi connectivity index (χ1v) is 7.26. The molecule has 0 atom stereocenters. The van der Waals surface area contributed by atoms with E-state index in [2.05, 4.69) is 40.7 Å². The molecule has 4 nitrogen and oxygen atoms in total. The van der Waals surface area contributed by atoms with Gasteiger partial charge in [-0.2, -0.15) is 5.10 Å². The van der Waals surface area contributed by atoms with Crippen LogP contribution in [0.15, 0.2) is 30.3 Å². The largest absolute Gasteiger partial charge is 0.461 e. The number of rotatable bonds is 4. The number of aryl methyl sites for hydroxylation is 1. The van der Waals surface area contributed by atoms with E-state index in [9.17, 15) is 4.79 Å². The Morgan fingerprint density at radius 3 is 2.79 bits per heavy atom. The van der Waals surface area contributed by atoms with Gasteiger partial charge in [-0.1, -0.05) is 25.1 Å². The van der Waals surface area contributed by atoms with E-state index in [-0.39, 0.29) is 5.97 Å². The fourth-order valence-corrected chi connectivity index (χ4v) is 2.51. The van der Waals surface area contributed by atoms with Gasteiger partial charge in [0.05, 0.1) is 12.3 Å². The Morgan fingerprint density at radius 2 is 2.11 bits per heavy atom. The van der Waals surface area contributed by atoms with E-state index in [0.29, 0.717) is 12.3 Å². The predicted octanol–water partition coefficient (Wildman–Crippen LogP) is 3.22. The molecule has 0 bridgehead atoms. The summed E-state index contributed by atoms with van der Waals surface area (Å²) in [7, 11) is 0. The van der Waals surface area contributed by atoms with Crippen LogP contribution in [-0.4, -0.2) is 22.4 Å². The first kappa shape index (κ1) is 14.0. The summed E-state index contributed by atoms with van der Waals surface area (Å²) in [5, 5.41) is 4.34. The van der Waals surface area contributed by atoms with Crippen LogP contribution in [0.1, 0.15) is 29.9 Å². The molecule has 0 saturated heterocycles. The van der Waals surface area contributed by atoms with E-state index in [1.165, 1.54) is 5.56 Å². The predicted molar refractivity (Wildman–Crippen MR) is 81.6 cm³/mol. The fourth-order valence-electron chi connectivity index (χ4n) is 1.85. The number of carbonyl (C=O) groups excluding carboxylic acids is 1. The van der Waals surface area contributed by atoms with Crippen molar-refractivity contribution in [2.24, 2.45) is 0 Å². The number of halogens is 1. The number of hydrogen-bond donors (Lipinski definition) is 0. The molecular weight excluding hydrogens is 355 g/mol. The summed E-state index contributed by atoms with van der Waals surface area (Å²) in [5.74, 6) is -0.381. The van der Waals surface area contributed by atoms with Crippen molar-refractivity contribution in [3.8, 4) is 5.69 Å². The minimum absolute atomic E-state index is 0.345. The molecule has 100 valence electrons. The Kier molecular flexibility index (Phi) is 4.57. The SMILES string of the molecule is CCOC(=O)c1cc(I)n(-c2ccccc2CC)n1. The lowest BCUT2D eigenvalue weighted by molar-refractivity contribution is 0.0519. The highest BCUT2D eigenvalue weighted by atomic mass is 127. The van der Waals surface area contributed by atoms with Gasteiger partial charge < -0.3 is 4.74 Å². The van der Waals surface area contributed by atoms with Gasteiger partial charge >= 0.3 is 5.97 Å². The van der Waals surface area contributed by atoms with Crippen molar-refractivity contribution in [1.29, 1.82) is 0 Å². The number of para-hydroxylation sites is 1. The van der Waals surface area contributed by atoms with Crippen molar-refractivity contribution in [2.75, 3.05) is 6.61 Å². The minimum atomic E-state index is -0.381. The highest BCUT2D eigenvalue weighted by Crippen LogP contribution is 2.19. The van der Waals surface area contributed by atoms with Crippen LogP contribution in [0.5, 0.6) is 0 Å². The van der Waals surface area contributed by atoms with Crippen molar-refractivity contribution in [3.05, 3.63) is 45.3 Å². The van der Waals surface area contributed by atoms with E-state index >= 15 is 0 Å². The summed E-state index contributed by atoms with van der Waals surface area (Å²) < 4.78 is 7.64. The lowest BCUT2D eigenvalue weighted by Gasteiger charge is -2.08. The number of nitrogens with zero attached hydrogens (tertiary/aromatic N) is 2. The third-order valence-corrected chi connectivity index (χ3v) is 3.52. The zero-order valence-electron chi connectivity index (χ0n) is 10.9. The van der Waals surface area contributed by atoms with Gasteiger partial charge in [-0.25, -0.2) is 9.48 Å². The van der Waals surface area contributed by atoms with E-state index in [4.69, 9.17) is 4.74 Å². The molecule has 0 spiro atoms. The molecule has 0 saturated carbocycles. The second-order valence-corrected chi connectivity index (χ2v) is 5.07. The molecule has 1 heterocycles. The second kappa shape index (κ2) is 6.18. The first-order valence-electron chi connectivity index (χ1n) is 6.18. The van der Waals surface area contributed by atoms with Crippen LogP contribution in [0.2, 0.25) is 0 Å². The van der Waals surface area contributed by atoms with Gasteiger partial charge in [0.15, 0.2) is 5.69 Å². The first-order chi connectivity index (χ1) is 9.17. The van der Waals surface area contributed by atoms with Crippen LogP contribution < -0.4 is 0 Å². The molecular formula is C14H15IN2O2. The Hall–Kier alpha value is -1.37. The Labute approximate surface area is 125 Å². The normalized spacial score (nSPS) is 10.5. The van der Waals surface area contributed by atoms with Gasteiger partial charge in [0.25, 0.3) is 0 Å². The zero-order chi connectivity index (χ0) is 13.8. The summed E-state index contributed by atoms with van der Waals surface area (Å²) in [6.07, 6.45) is 0.918. The molecule has 0 N–H and O–H groups in total. The summed E-state index contributed by atoms with van der Waals surface area (Å²) in [4.78, 5) is 11.7. The molecule has 0 fully saturated rings. The van der Waals surface area contributed by atoms with Crippen molar-refractivity contribution in [1.82, 2.24) is 9.78 Å². The smallest absolute Gasteiger partial charge is 0.358 e. The molecule has 0 amide bonds. The molecule has 1 aromatic heterocycles. The van der Waals surface area contributed by atoms with Crippen LogP contribution in [0.3, 0.4) is 0 Å². The zero-order valence-corrected chi connectivity index (χ0v) is 13.0. The highest BCUT2D eigenvalue weighted by Gasteiger charge is 2.15. The van der Waals surface area contributed by atoms with Crippen molar-refractivity contribution in [2.45, 2.75) is 20.3 Å². The van der Waals surface area contributed by atoms with E-state index in [0.717, 1.165) is 15.8 Å². The maximum Gasteiger partial charge on any atom is 0.358 e. The minimum Gasteiger partial charge on any atom is -0.461 e. The molecule has 0 aliphatic carbocycles. The fraction of sp³-hybridized carbons (Fsp3) is 0.286. The summed E-state index contributed by atoms with van der Waals surface area (Å²) in [6.45, 7) is 4.24. The molecule has 19 heavy (non-hydrogen) atoms. The number of benzene rings is 1. The number of hydrogen-bond acceptors (Lipinski definition) is 3. The van der Waals surface area contributed by atoms with Gasteiger partial charge in [-0.3, -0.25) is 0 Å². The monoisotopic (exact) mass is 370 g/mol. The number of esters is 1. The molecule has 5 heteroatoms. The molecule has 0 aliphatic heterocycles. The number of ether oxygens (including phenoxy) is 1. The maximum atomic E-state index is 11.7. The summed E-state index contributed by atoms with van der Waals surface area (Å²) in [6, 6.07) is 9.78. The van der Waals surface area contributed by atoms with Crippen molar-refractivity contribution >= 4 is 28.6 Å². The van der Waals surface area contributed by atoms with Crippen molar-refractivity contribution < 1.29 is 9.53 Å². The van der Waals surface area contributed by atoms with Gasteiger partial charge in [-0.15, -0.1) is 0 Å². The molecule has 2 aromatic rings. The molecule has 2 rings (SSSR count). The number of aromatic nitrogens is 2. The van der Waals surface area contributed by atoms with Gasteiger partial charge in [0, 0.05) is 6.07 Å². The number of carbonyl (C=O) groups is 1. The quantitative estimate of drug-likeness (QED) is 0.613. The third kappa shape index (κ3) is 2.97. The van der Waals surface area contributed by atoms with Gasteiger partial charge in [0.1, 0.15) is 3.70 Å².